The third-order valence-electron chi connectivity index (χ3n) is 2.04. The first-order valence-electron chi connectivity index (χ1n) is 3.87. The van der Waals surface area contributed by atoms with Gasteiger partial charge in [0.25, 0.3) is 0 Å². The van der Waals surface area contributed by atoms with Gasteiger partial charge in [-0.25, -0.2) is 4.39 Å². The number of ether oxygens (including phenoxy) is 1. The van der Waals surface area contributed by atoms with Crippen LogP contribution in [0.3, 0.4) is 0 Å². The lowest BCUT2D eigenvalue weighted by Gasteiger charge is -2.05. The summed E-state index contributed by atoms with van der Waals surface area (Å²) in [7, 11) is 1.50. The summed E-state index contributed by atoms with van der Waals surface area (Å²) in [6, 6.07) is 2.80. The van der Waals surface area contributed by atoms with Crippen LogP contribution in [0.4, 0.5) is 10.1 Å². The SMILES string of the molecule is COc1ccc(F)c2c1CC(=O)N2. The highest BCUT2D eigenvalue weighted by molar-refractivity contribution is 6.00. The fourth-order valence-corrected chi connectivity index (χ4v) is 1.45. The lowest BCUT2D eigenvalue weighted by molar-refractivity contribution is -0.115. The Morgan fingerprint density at radius 2 is 2.31 bits per heavy atom. The summed E-state index contributed by atoms with van der Waals surface area (Å²) in [5, 5.41) is 2.45. The van der Waals surface area contributed by atoms with Crippen molar-refractivity contribution in [3.05, 3.63) is 23.5 Å². The third kappa shape index (κ3) is 1.14. The maximum absolute atomic E-state index is 13.1. The molecule has 13 heavy (non-hydrogen) atoms. The van der Waals surface area contributed by atoms with Gasteiger partial charge < -0.3 is 10.1 Å². The van der Waals surface area contributed by atoms with Crippen molar-refractivity contribution in [1.29, 1.82) is 0 Å². The second-order valence-electron chi connectivity index (χ2n) is 2.83. The van der Waals surface area contributed by atoms with Crippen LogP contribution in [0.25, 0.3) is 0 Å². The van der Waals surface area contributed by atoms with Gasteiger partial charge in [0.05, 0.1) is 19.2 Å². The Kier molecular flexibility index (Phi) is 1.69. The van der Waals surface area contributed by atoms with Crippen LogP contribution in [-0.4, -0.2) is 13.0 Å². The van der Waals surface area contributed by atoms with Gasteiger partial charge in [0, 0.05) is 5.56 Å². The zero-order chi connectivity index (χ0) is 9.42. The Balaban J connectivity index is 2.58. The van der Waals surface area contributed by atoms with Crippen molar-refractivity contribution in [2.45, 2.75) is 6.42 Å². The molecule has 0 spiro atoms. The first-order valence-corrected chi connectivity index (χ1v) is 3.87. The van der Waals surface area contributed by atoms with Crippen LogP contribution in [0.5, 0.6) is 5.75 Å². The van der Waals surface area contributed by atoms with Gasteiger partial charge in [-0.3, -0.25) is 4.79 Å². The molecule has 3 nitrogen and oxygen atoms in total. The summed E-state index contributed by atoms with van der Waals surface area (Å²) in [4.78, 5) is 11.0. The van der Waals surface area contributed by atoms with E-state index in [4.69, 9.17) is 4.74 Å². The lowest BCUT2D eigenvalue weighted by atomic mass is 10.1. The molecule has 1 aromatic carbocycles. The van der Waals surface area contributed by atoms with E-state index in [2.05, 4.69) is 5.32 Å². The molecule has 0 saturated carbocycles. The van der Waals surface area contributed by atoms with Gasteiger partial charge in [-0.1, -0.05) is 0 Å². The van der Waals surface area contributed by atoms with Gasteiger partial charge in [-0.15, -0.1) is 0 Å². The van der Waals surface area contributed by atoms with E-state index in [9.17, 15) is 9.18 Å². The lowest BCUT2D eigenvalue weighted by Crippen LogP contribution is -2.04. The van der Waals surface area contributed by atoms with Crippen molar-refractivity contribution in [2.75, 3.05) is 12.4 Å². The predicted molar refractivity (Wildman–Crippen MR) is 45.3 cm³/mol. The van der Waals surface area contributed by atoms with Gasteiger partial charge >= 0.3 is 0 Å². The number of carbonyl (C=O) groups is 1. The van der Waals surface area contributed by atoms with Crippen molar-refractivity contribution >= 4 is 11.6 Å². The molecule has 0 aromatic heterocycles. The van der Waals surface area contributed by atoms with Crippen LogP contribution < -0.4 is 10.1 Å². The van der Waals surface area contributed by atoms with Crippen LogP contribution in [0.2, 0.25) is 0 Å². The molecule has 1 N–H and O–H groups in total. The normalized spacial score (nSPS) is 13.8. The van der Waals surface area contributed by atoms with Crippen molar-refractivity contribution in [3.8, 4) is 5.75 Å². The quantitative estimate of drug-likeness (QED) is 0.709. The van der Waals surface area contributed by atoms with E-state index in [1.807, 2.05) is 0 Å². The van der Waals surface area contributed by atoms with Gasteiger partial charge in [-0.2, -0.15) is 0 Å². The molecule has 0 saturated heterocycles. The molecule has 0 unspecified atom stereocenters. The largest absolute Gasteiger partial charge is 0.496 e. The van der Waals surface area contributed by atoms with E-state index in [1.165, 1.54) is 19.2 Å². The van der Waals surface area contributed by atoms with Crippen LogP contribution >= 0.6 is 0 Å². The highest BCUT2D eigenvalue weighted by atomic mass is 19.1. The molecular formula is C9H8FNO2. The van der Waals surface area contributed by atoms with Crippen LogP contribution in [0, 0.1) is 5.82 Å². The van der Waals surface area contributed by atoms with E-state index in [-0.39, 0.29) is 18.0 Å². The van der Waals surface area contributed by atoms with E-state index in [1.54, 1.807) is 0 Å². The molecular weight excluding hydrogens is 173 g/mol. The second kappa shape index (κ2) is 2.73. The first kappa shape index (κ1) is 8.04. The monoisotopic (exact) mass is 181 g/mol. The molecule has 0 aliphatic carbocycles. The molecule has 0 fully saturated rings. The number of rotatable bonds is 1. The Labute approximate surface area is 74.5 Å². The number of benzene rings is 1. The third-order valence-corrected chi connectivity index (χ3v) is 2.04. The molecule has 1 aromatic rings. The number of anilines is 1. The Bertz CT molecular complexity index is 376. The van der Waals surface area contributed by atoms with Gasteiger partial charge in [0.15, 0.2) is 0 Å². The fourth-order valence-electron chi connectivity index (χ4n) is 1.45. The number of amides is 1. The van der Waals surface area contributed by atoms with Gasteiger partial charge in [0.1, 0.15) is 11.6 Å². The average molecular weight is 181 g/mol. The van der Waals surface area contributed by atoms with Crippen molar-refractivity contribution in [2.24, 2.45) is 0 Å². The zero-order valence-corrected chi connectivity index (χ0v) is 7.06. The maximum Gasteiger partial charge on any atom is 0.229 e. The van der Waals surface area contributed by atoms with E-state index < -0.39 is 5.82 Å². The molecule has 2 rings (SSSR count). The molecule has 1 heterocycles. The molecule has 1 aliphatic rings. The average Bonchev–Trinajstić information content (AvgIpc) is 2.48. The predicted octanol–water partition coefficient (Wildman–Crippen LogP) is 1.33. The molecule has 1 aliphatic heterocycles. The van der Waals surface area contributed by atoms with E-state index >= 15 is 0 Å². The van der Waals surface area contributed by atoms with Gasteiger partial charge in [-0.05, 0) is 12.1 Å². The van der Waals surface area contributed by atoms with E-state index in [0.29, 0.717) is 11.3 Å². The number of nitrogens with one attached hydrogen (secondary N) is 1. The minimum absolute atomic E-state index is 0.191. The summed E-state index contributed by atoms with van der Waals surface area (Å²) in [5.41, 5.74) is 0.858. The summed E-state index contributed by atoms with van der Waals surface area (Å²) >= 11 is 0. The molecule has 0 bridgehead atoms. The number of carbonyl (C=O) groups excluding carboxylic acids is 1. The highest BCUT2D eigenvalue weighted by Gasteiger charge is 2.24. The second-order valence-corrected chi connectivity index (χ2v) is 2.83. The standard InChI is InChI=1S/C9H8FNO2/c1-13-7-3-2-6(10)9-5(7)4-8(12)11-9/h2-3H,4H2,1H3,(H,11,12). The zero-order valence-electron chi connectivity index (χ0n) is 7.06. The number of hydrogen-bond donors (Lipinski definition) is 1. The molecule has 4 heteroatoms. The first-order chi connectivity index (χ1) is 6.22. The maximum atomic E-state index is 13.1. The molecule has 1 amide bonds. The van der Waals surface area contributed by atoms with E-state index in [0.717, 1.165) is 0 Å². The topological polar surface area (TPSA) is 38.3 Å². The highest BCUT2D eigenvalue weighted by Crippen LogP contribution is 2.33. The van der Waals surface area contributed by atoms with Crippen molar-refractivity contribution in [1.82, 2.24) is 0 Å². The number of hydrogen-bond acceptors (Lipinski definition) is 2. The van der Waals surface area contributed by atoms with Gasteiger partial charge in [0.2, 0.25) is 5.91 Å². The number of methoxy groups -OCH3 is 1. The van der Waals surface area contributed by atoms with Crippen LogP contribution in [-0.2, 0) is 11.2 Å². The van der Waals surface area contributed by atoms with Crippen LogP contribution in [0.15, 0.2) is 12.1 Å². The Hall–Kier alpha value is -1.58. The molecule has 68 valence electrons. The summed E-state index contributed by atoms with van der Waals surface area (Å²) in [5.74, 6) is -0.0604. The molecule has 0 radical (unpaired) electrons. The Morgan fingerprint density at radius 3 is 3.00 bits per heavy atom. The summed E-state index contributed by atoms with van der Waals surface area (Å²) in [6.07, 6.45) is 0.191. The summed E-state index contributed by atoms with van der Waals surface area (Å²) < 4.78 is 18.1. The smallest absolute Gasteiger partial charge is 0.229 e. The minimum atomic E-state index is -0.415. The van der Waals surface area contributed by atoms with Crippen molar-refractivity contribution in [3.63, 3.8) is 0 Å². The number of halogens is 1. The number of fused-ring (bicyclic) bond motifs is 1. The van der Waals surface area contributed by atoms with Crippen LogP contribution in [0.1, 0.15) is 5.56 Å². The Morgan fingerprint density at radius 1 is 1.54 bits per heavy atom. The van der Waals surface area contributed by atoms with Crippen molar-refractivity contribution < 1.29 is 13.9 Å². The minimum Gasteiger partial charge on any atom is -0.496 e. The summed E-state index contributed by atoms with van der Waals surface area (Å²) in [6.45, 7) is 0. The fraction of sp³-hybridized carbons (Fsp3) is 0.222. The molecule has 0 atom stereocenters.